The molecule has 1 unspecified atom stereocenters. The lowest BCUT2D eigenvalue weighted by Crippen LogP contribution is -2.22. The van der Waals surface area contributed by atoms with Crippen molar-refractivity contribution in [2.45, 2.75) is 19.5 Å². The van der Waals surface area contributed by atoms with Crippen molar-refractivity contribution in [3.05, 3.63) is 36.4 Å². The van der Waals surface area contributed by atoms with Crippen LogP contribution in [0.1, 0.15) is 12.5 Å². The lowest BCUT2D eigenvalue weighted by molar-refractivity contribution is 0.410. The first kappa shape index (κ1) is 11.6. The van der Waals surface area contributed by atoms with Gasteiger partial charge in [-0.05, 0) is 25.1 Å². The van der Waals surface area contributed by atoms with Crippen LogP contribution >= 0.6 is 0 Å². The zero-order chi connectivity index (χ0) is 11.3. The smallest absolute Gasteiger partial charge is 0.120 e. The molecule has 1 aromatic carbocycles. The minimum atomic E-state index is 0.218. The van der Waals surface area contributed by atoms with E-state index in [0.29, 0.717) is 6.54 Å². The third-order valence-corrected chi connectivity index (χ3v) is 2.25. The zero-order valence-electron chi connectivity index (χ0n) is 9.16. The van der Waals surface area contributed by atoms with Crippen molar-refractivity contribution < 1.29 is 9.84 Å². The summed E-state index contributed by atoms with van der Waals surface area (Å²) >= 11 is 0. The molecule has 1 atom stereocenters. The number of phenols is 1. The summed E-state index contributed by atoms with van der Waals surface area (Å²) in [6, 6.07) is 5.40. The predicted octanol–water partition coefficient (Wildman–Crippen LogP) is 2.06. The fourth-order valence-electron chi connectivity index (χ4n) is 1.18. The topological polar surface area (TPSA) is 41.5 Å². The molecule has 0 saturated carbocycles. The molecule has 0 fully saturated rings. The molecule has 2 N–H and O–H groups in total. The van der Waals surface area contributed by atoms with E-state index in [1.807, 2.05) is 19.1 Å². The van der Waals surface area contributed by atoms with Crippen molar-refractivity contribution in [2.24, 2.45) is 0 Å². The van der Waals surface area contributed by atoms with Gasteiger partial charge in [-0.25, -0.2) is 0 Å². The van der Waals surface area contributed by atoms with E-state index in [2.05, 4.69) is 11.9 Å². The maximum Gasteiger partial charge on any atom is 0.120 e. The molecule has 0 aliphatic rings. The highest BCUT2D eigenvalue weighted by Gasteiger charge is 2.03. The van der Waals surface area contributed by atoms with Gasteiger partial charge in [0.15, 0.2) is 0 Å². The summed E-state index contributed by atoms with van der Waals surface area (Å²) < 4.78 is 5.08. The first-order valence-corrected chi connectivity index (χ1v) is 4.89. The van der Waals surface area contributed by atoms with Gasteiger partial charge in [0, 0.05) is 18.2 Å². The Morgan fingerprint density at radius 1 is 1.60 bits per heavy atom. The molecule has 82 valence electrons. The fourth-order valence-corrected chi connectivity index (χ4v) is 1.18. The third-order valence-electron chi connectivity index (χ3n) is 2.25. The molecular formula is C12H17NO2. The van der Waals surface area contributed by atoms with E-state index in [9.17, 15) is 5.11 Å². The van der Waals surface area contributed by atoms with Crippen molar-refractivity contribution in [1.82, 2.24) is 5.32 Å². The van der Waals surface area contributed by atoms with Crippen molar-refractivity contribution in [1.29, 1.82) is 0 Å². The molecule has 1 aromatic rings. The number of benzene rings is 1. The Labute approximate surface area is 90.4 Å². The minimum absolute atomic E-state index is 0.218. The highest BCUT2D eigenvalue weighted by molar-refractivity contribution is 5.39. The first-order valence-electron chi connectivity index (χ1n) is 4.89. The second-order valence-corrected chi connectivity index (χ2v) is 3.40. The summed E-state index contributed by atoms with van der Waals surface area (Å²) in [5.74, 6) is 1.02. The highest BCUT2D eigenvalue weighted by Crippen LogP contribution is 2.22. The van der Waals surface area contributed by atoms with E-state index in [0.717, 1.165) is 11.3 Å². The number of phenolic OH excluding ortho intramolecular Hbond substituents is 1. The second kappa shape index (κ2) is 5.41. The van der Waals surface area contributed by atoms with Crippen LogP contribution in [0, 0.1) is 0 Å². The van der Waals surface area contributed by atoms with Gasteiger partial charge in [-0.2, -0.15) is 0 Å². The van der Waals surface area contributed by atoms with Gasteiger partial charge in [0.05, 0.1) is 7.11 Å². The van der Waals surface area contributed by atoms with E-state index in [1.165, 1.54) is 0 Å². The number of rotatable bonds is 5. The number of hydrogen-bond acceptors (Lipinski definition) is 3. The number of ether oxygens (including phenoxy) is 1. The molecule has 15 heavy (non-hydrogen) atoms. The molecule has 0 aromatic heterocycles. The van der Waals surface area contributed by atoms with Gasteiger partial charge in [-0.1, -0.05) is 6.08 Å². The largest absolute Gasteiger partial charge is 0.508 e. The minimum Gasteiger partial charge on any atom is -0.508 e. The monoisotopic (exact) mass is 207 g/mol. The standard InChI is InChI=1S/C12H17NO2/c1-4-9(2)13-8-10-7-11(15-3)5-6-12(10)14/h4-7,9,13-14H,1,8H2,2-3H3. The summed E-state index contributed by atoms with van der Waals surface area (Å²) in [5, 5.41) is 12.8. The fraction of sp³-hybridized carbons (Fsp3) is 0.333. The molecule has 1 rings (SSSR count). The third kappa shape index (κ3) is 3.29. The average Bonchev–Trinajstić information content (AvgIpc) is 2.27. The molecule has 0 aliphatic carbocycles. The number of aromatic hydroxyl groups is 1. The van der Waals surface area contributed by atoms with Crippen LogP contribution in [-0.2, 0) is 6.54 Å². The van der Waals surface area contributed by atoms with Crippen molar-refractivity contribution >= 4 is 0 Å². The molecular weight excluding hydrogens is 190 g/mol. The van der Waals surface area contributed by atoms with Gasteiger partial charge in [0.2, 0.25) is 0 Å². The summed E-state index contributed by atoms with van der Waals surface area (Å²) in [5.41, 5.74) is 0.822. The van der Waals surface area contributed by atoms with Gasteiger partial charge in [-0.15, -0.1) is 6.58 Å². The van der Waals surface area contributed by atoms with E-state index in [4.69, 9.17) is 4.74 Å². The molecule has 0 heterocycles. The number of hydrogen-bond donors (Lipinski definition) is 2. The molecule has 0 spiro atoms. The predicted molar refractivity (Wildman–Crippen MR) is 61.2 cm³/mol. The van der Waals surface area contributed by atoms with Crippen LogP contribution in [0.5, 0.6) is 11.5 Å². The molecule has 3 heteroatoms. The average molecular weight is 207 g/mol. The van der Waals surface area contributed by atoms with Gasteiger partial charge in [0.25, 0.3) is 0 Å². The second-order valence-electron chi connectivity index (χ2n) is 3.40. The summed E-state index contributed by atoms with van der Waals surface area (Å²) in [7, 11) is 1.61. The molecule has 0 bridgehead atoms. The lowest BCUT2D eigenvalue weighted by atomic mass is 10.2. The molecule has 0 saturated heterocycles. The quantitative estimate of drug-likeness (QED) is 0.726. The van der Waals surface area contributed by atoms with E-state index >= 15 is 0 Å². The Morgan fingerprint density at radius 3 is 2.93 bits per heavy atom. The van der Waals surface area contributed by atoms with E-state index in [1.54, 1.807) is 19.2 Å². The van der Waals surface area contributed by atoms with Crippen LogP contribution < -0.4 is 10.1 Å². The number of methoxy groups -OCH3 is 1. The van der Waals surface area contributed by atoms with Crippen LogP contribution in [0.3, 0.4) is 0 Å². The maximum atomic E-state index is 9.59. The van der Waals surface area contributed by atoms with E-state index < -0.39 is 0 Å². The van der Waals surface area contributed by atoms with Crippen molar-refractivity contribution in [3.63, 3.8) is 0 Å². The molecule has 0 radical (unpaired) electrons. The van der Waals surface area contributed by atoms with Crippen LogP contribution in [0.15, 0.2) is 30.9 Å². The Kier molecular flexibility index (Phi) is 4.18. The SMILES string of the molecule is C=CC(C)NCc1cc(OC)ccc1O. The molecule has 3 nitrogen and oxygen atoms in total. The normalized spacial score (nSPS) is 12.1. The zero-order valence-corrected chi connectivity index (χ0v) is 9.16. The maximum absolute atomic E-state index is 9.59. The molecule has 0 amide bonds. The van der Waals surface area contributed by atoms with Gasteiger partial charge >= 0.3 is 0 Å². The van der Waals surface area contributed by atoms with Crippen LogP contribution in [0.25, 0.3) is 0 Å². The van der Waals surface area contributed by atoms with E-state index in [-0.39, 0.29) is 11.8 Å². The summed E-state index contributed by atoms with van der Waals surface area (Å²) in [4.78, 5) is 0. The summed E-state index contributed by atoms with van der Waals surface area (Å²) in [6.07, 6.45) is 1.82. The Hall–Kier alpha value is -1.48. The first-order chi connectivity index (χ1) is 7.17. The van der Waals surface area contributed by atoms with Crippen molar-refractivity contribution in [2.75, 3.05) is 7.11 Å². The van der Waals surface area contributed by atoms with Crippen molar-refractivity contribution in [3.8, 4) is 11.5 Å². The number of nitrogens with one attached hydrogen (secondary N) is 1. The van der Waals surface area contributed by atoms with Crippen LogP contribution in [0.4, 0.5) is 0 Å². The Bertz CT molecular complexity index is 336. The highest BCUT2D eigenvalue weighted by atomic mass is 16.5. The van der Waals surface area contributed by atoms with Gasteiger partial charge in [0.1, 0.15) is 11.5 Å². The molecule has 0 aliphatic heterocycles. The summed E-state index contributed by atoms with van der Waals surface area (Å²) in [6.45, 7) is 6.28. The van der Waals surface area contributed by atoms with Crippen LogP contribution in [0.2, 0.25) is 0 Å². The lowest BCUT2D eigenvalue weighted by Gasteiger charge is -2.11. The Balaban J connectivity index is 2.70. The van der Waals surface area contributed by atoms with Gasteiger partial charge in [-0.3, -0.25) is 0 Å². The van der Waals surface area contributed by atoms with Gasteiger partial charge < -0.3 is 15.2 Å². The Morgan fingerprint density at radius 2 is 2.33 bits per heavy atom. The van der Waals surface area contributed by atoms with Crippen LogP contribution in [-0.4, -0.2) is 18.3 Å².